The Bertz CT molecular complexity index is 1000. The zero-order valence-corrected chi connectivity index (χ0v) is 19.9. The molecule has 0 spiro atoms. The number of nitrogens with one attached hydrogen (secondary N) is 1. The van der Waals surface area contributed by atoms with Gasteiger partial charge in [-0.25, -0.2) is 9.78 Å². The lowest BCUT2D eigenvalue weighted by atomic mass is 9.97. The van der Waals surface area contributed by atoms with E-state index in [1.54, 1.807) is 45.0 Å². The van der Waals surface area contributed by atoms with E-state index >= 15 is 0 Å². The number of hydrogen-bond donors (Lipinski definition) is 1. The molecule has 1 aromatic carbocycles. The molecule has 0 saturated carbocycles. The van der Waals surface area contributed by atoms with Gasteiger partial charge in [0.05, 0.1) is 23.3 Å². The normalized spacial score (nSPS) is 17.0. The number of aromatic nitrogens is 1. The van der Waals surface area contributed by atoms with Gasteiger partial charge in [0.15, 0.2) is 5.78 Å². The van der Waals surface area contributed by atoms with Gasteiger partial charge in [-0.15, -0.1) is 0 Å². The van der Waals surface area contributed by atoms with E-state index in [1.165, 1.54) is 6.20 Å². The van der Waals surface area contributed by atoms with E-state index < -0.39 is 17.7 Å². The highest BCUT2D eigenvalue weighted by Crippen LogP contribution is 2.29. The fourth-order valence-electron chi connectivity index (χ4n) is 3.17. The van der Waals surface area contributed by atoms with Crippen LogP contribution in [0.25, 0.3) is 0 Å². The van der Waals surface area contributed by atoms with E-state index in [1.807, 2.05) is 6.92 Å². The molecule has 7 nitrogen and oxygen atoms in total. The first kappa shape index (κ1) is 24.3. The molecule has 0 aliphatic carbocycles. The van der Waals surface area contributed by atoms with Crippen LogP contribution < -0.4 is 10.1 Å². The predicted octanol–water partition coefficient (Wildman–Crippen LogP) is 5.31. The molecule has 0 radical (unpaired) electrons. The number of alkyl carbamates (subject to hydrolysis) is 1. The van der Waals surface area contributed by atoms with Gasteiger partial charge in [0.1, 0.15) is 17.7 Å². The minimum absolute atomic E-state index is 0.0551. The van der Waals surface area contributed by atoms with Gasteiger partial charge >= 0.3 is 6.09 Å². The van der Waals surface area contributed by atoms with Crippen molar-refractivity contribution in [1.29, 1.82) is 0 Å². The number of nitrogens with zero attached hydrogens (tertiary/aromatic N) is 1. The lowest BCUT2D eigenvalue weighted by Crippen LogP contribution is -2.38. The number of ketones is 1. The number of aryl methyl sites for hydroxylation is 1. The Morgan fingerprint density at radius 1 is 1.22 bits per heavy atom. The summed E-state index contributed by atoms with van der Waals surface area (Å²) in [5.41, 5.74) is 0.755. The van der Waals surface area contributed by atoms with Gasteiger partial charge in [-0.05, 0) is 51.5 Å². The Balaban J connectivity index is 1.87. The zero-order chi connectivity index (χ0) is 23.5. The molecular formula is C23H26Cl2N2O5. The molecule has 2 heterocycles. The summed E-state index contributed by atoms with van der Waals surface area (Å²) in [6, 6.07) is 5.38. The SMILES string of the molecule is Cc1cc(C(=O)C(NC(=O)OC(C)(C)C)c2ccc(Cl)c(Cl)c2)cnc1OC1CCOC1. The van der Waals surface area contributed by atoms with Crippen molar-refractivity contribution in [3.8, 4) is 5.88 Å². The van der Waals surface area contributed by atoms with Crippen molar-refractivity contribution in [3.05, 3.63) is 57.2 Å². The van der Waals surface area contributed by atoms with Crippen LogP contribution in [0.3, 0.4) is 0 Å². The third kappa shape index (κ3) is 6.34. The van der Waals surface area contributed by atoms with E-state index in [9.17, 15) is 9.59 Å². The van der Waals surface area contributed by atoms with Crippen LogP contribution in [-0.4, -0.2) is 41.8 Å². The fraction of sp³-hybridized carbons (Fsp3) is 0.435. The molecule has 3 rings (SSSR count). The minimum atomic E-state index is -1.05. The van der Waals surface area contributed by atoms with Gasteiger partial charge in [0, 0.05) is 23.7 Å². The molecule has 1 fully saturated rings. The molecule has 1 amide bonds. The molecule has 172 valence electrons. The molecule has 1 aliphatic rings. The highest BCUT2D eigenvalue weighted by atomic mass is 35.5. The summed E-state index contributed by atoms with van der Waals surface area (Å²) in [4.78, 5) is 30.2. The summed E-state index contributed by atoms with van der Waals surface area (Å²) in [5.74, 6) is 0.0730. The van der Waals surface area contributed by atoms with Crippen molar-refractivity contribution < 1.29 is 23.8 Å². The third-order valence-electron chi connectivity index (χ3n) is 4.68. The van der Waals surface area contributed by atoms with Crippen LogP contribution in [0.15, 0.2) is 30.5 Å². The number of carbonyl (C=O) groups is 2. The molecule has 1 aromatic heterocycles. The monoisotopic (exact) mass is 480 g/mol. The minimum Gasteiger partial charge on any atom is -0.472 e. The second-order valence-electron chi connectivity index (χ2n) is 8.57. The Hall–Kier alpha value is -2.35. The summed E-state index contributed by atoms with van der Waals surface area (Å²) in [6.45, 7) is 8.20. The standard InChI is InChI=1S/C23H26Cl2N2O5/c1-13-9-15(11-26-21(13)31-16-7-8-30-12-16)20(28)19(27-22(29)32-23(2,3)4)14-5-6-17(24)18(25)10-14/h5-6,9-11,16,19H,7-8,12H2,1-4H3,(H,27,29). The van der Waals surface area contributed by atoms with Gasteiger partial charge in [-0.1, -0.05) is 29.3 Å². The van der Waals surface area contributed by atoms with Gasteiger partial charge in [-0.2, -0.15) is 0 Å². The largest absolute Gasteiger partial charge is 0.472 e. The fourth-order valence-corrected chi connectivity index (χ4v) is 3.47. The molecular weight excluding hydrogens is 455 g/mol. The smallest absolute Gasteiger partial charge is 0.408 e. The Morgan fingerprint density at radius 3 is 2.56 bits per heavy atom. The lowest BCUT2D eigenvalue weighted by Gasteiger charge is -2.24. The van der Waals surface area contributed by atoms with Crippen molar-refractivity contribution in [2.75, 3.05) is 13.2 Å². The Morgan fingerprint density at radius 2 is 1.97 bits per heavy atom. The van der Waals surface area contributed by atoms with Crippen molar-refractivity contribution in [3.63, 3.8) is 0 Å². The summed E-state index contributed by atoms with van der Waals surface area (Å²) in [7, 11) is 0. The molecule has 1 saturated heterocycles. The first-order valence-electron chi connectivity index (χ1n) is 10.2. The summed E-state index contributed by atoms with van der Waals surface area (Å²) < 4.78 is 16.5. The van der Waals surface area contributed by atoms with Crippen molar-refractivity contribution in [2.24, 2.45) is 0 Å². The van der Waals surface area contributed by atoms with Crippen LogP contribution >= 0.6 is 23.2 Å². The van der Waals surface area contributed by atoms with Gasteiger partial charge in [0.2, 0.25) is 5.88 Å². The van der Waals surface area contributed by atoms with Crippen LogP contribution in [0.1, 0.15) is 54.7 Å². The summed E-state index contributed by atoms with van der Waals surface area (Å²) in [6.07, 6.45) is 1.44. The lowest BCUT2D eigenvalue weighted by molar-refractivity contribution is 0.0490. The van der Waals surface area contributed by atoms with Crippen LogP contribution in [0.4, 0.5) is 4.79 Å². The second-order valence-corrected chi connectivity index (χ2v) is 9.38. The predicted molar refractivity (Wildman–Crippen MR) is 122 cm³/mol. The molecule has 2 aromatic rings. The van der Waals surface area contributed by atoms with Crippen LogP contribution in [0.5, 0.6) is 5.88 Å². The number of benzene rings is 1. The van der Waals surface area contributed by atoms with E-state index in [4.69, 9.17) is 37.4 Å². The summed E-state index contributed by atoms with van der Waals surface area (Å²) in [5, 5.41) is 3.25. The maximum Gasteiger partial charge on any atom is 0.408 e. The van der Waals surface area contributed by atoms with Crippen molar-refractivity contribution >= 4 is 35.1 Å². The van der Waals surface area contributed by atoms with Gasteiger partial charge in [-0.3, -0.25) is 4.79 Å². The number of halogens is 2. The second kappa shape index (κ2) is 10.1. The molecule has 0 bridgehead atoms. The number of carbonyl (C=O) groups excluding carboxylic acids is 2. The van der Waals surface area contributed by atoms with Crippen LogP contribution in [-0.2, 0) is 9.47 Å². The average molecular weight is 481 g/mol. The maximum absolute atomic E-state index is 13.4. The van der Waals surface area contributed by atoms with Gasteiger partial charge < -0.3 is 19.5 Å². The van der Waals surface area contributed by atoms with Crippen LogP contribution in [0.2, 0.25) is 10.0 Å². The molecule has 2 unspecified atom stereocenters. The zero-order valence-electron chi connectivity index (χ0n) is 18.4. The quantitative estimate of drug-likeness (QED) is 0.563. The van der Waals surface area contributed by atoms with E-state index in [2.05, 4.69) is 10.3 Å². The van der Waals surface area contributed by atoms with E-state index in [-0.39, 0.29) is 16.9 Å². The average Bonchev–Trinajstić information content (AvgIpc) is 3.21. The maximum atomic E-state index is 13.4. The molecule has 1 aliphatic heterocycles. The molecule has 9 heteroatoms. The van der Waals surface area contributed by atoms with Crippen LogP contribution in [0, 0.1) is 6.92 Å². The number of hydrogen-bond acceptors (Lipinski definition) is 6. The number of ether oxygens (including phenoxy) is 3. The number of Topliss-reactive ketones (excluding diaryl/α,β-unsaturated/α-hetero) is 1. The van der Waals surface area contributed by atoms with Crippen molar-refractivity contribution in [1.82, 2.24) is 10.3 Å². The highest BCUT2D eigenvalue weighted by molar-refractivity contribution is 6.42. The molecule has 32 heavy (non-hydrogen) atoms. The number of pyridine rings is 1. The first-order chi connectivity index (χ1) is 15.0. The van der Waals surface area contributed by atoms with E-state index in [0.29, 0.717) is 40.8 Å². The first-order valence-corrected chi connectivity index (χ1v) is 11.0. The van der Waals surface area contributed by atoms with E-state index in [0.717, 1.165) is 6.42 Å². The van der Waals surface area contributed by atoms with Crippen molar-refractivity contribution in [2.45, 2.75) is 51.9 Å². The number of rotatable bonds is 6. The summed E-state index contributed by atoms with van der Waals surface area (Å²) >= 11 is 12.2. The topological polar surface area (TPSA) is 86.8 Å². The Labute approximate surface area is 197 Å². The Kier molecular flexibility index (Phi) is 7.64. The molecule has 2 atom stereocenters. The number of amides is 1. The third-order valence-corrected chi connectivity index (χ3v) is 5.42. The van der Waals surface area contributed by atoms with Gasteiger partial charge in [0.25, 0.3) is 0 Å². The highest BCUT2D eigenvalue weighted by Gasteiger charge is 2.28. The molecule has 1 N–H and O–H groups in total.